The minimum Gasteiger partial charge on any atom is -0.369 e. The molecule has 0 bridgehead atoms. The number of amides is 1. The molecule has 0 aliphatic carbocycles. The maximum absolute atomic E-state index is 9.92. The summed E-state index contributed by atoms with van der Waals surface area (Å²) in [6.45, 7) is 4.90. The minimum atomic E-state index is -3.66. The average Bonchev–Trinajstić information content (AvgIpc) is 1.87. The smallest absolute Gasteiger partial charge is 0.264 e. The highest BCUT2D eigenvalue weighted by Crippen LogP contribution is 1.84. The lowest BCUT2D eigenvalue weighted by atomic mass is 10.2. The Balaban J connectivity index is 0. The summed E-state index contributed by atoms with van der Waals surface area (Å²) in [5.41, 5.74) is 4.80. The summed E-state index contributed by atoms with van der Waals surface area (Å²) >= 11 is 0. The number of hydrogen-bond acceptors (Lipinski definition) is 3. The van der Waals surface area contributed by atoms with Crippen LogP contribution >= 0.6 is 0 Å². The van der Waals surface area contributed by atoms with Crippen LogP contribution in [0.2, 0.25) is 0 Å². The van der Waals surface area contributed by atoms with E-state index in [1.165, 1.54) is 6.92 Å². The first-order valence-electron chi connectivity index (χ1n) is 3.45. The van der Waals surface area contributed by atoms with Gasteiger partial charge in [0, 0.05) is 5.92 Å². The van der Waals surface area contributed by atoms with E-state index < -0.39 is 10.1 Å². The zero-order valence-electron chi connectivity index (χ0n) is 7.44. The highest BCUT2D eigenvalue weighted by atomic mass is 32.2. The van der Waals surface area contributed by atoms with E-state index in [-0.39, 0.29) is 17.6 Å². The lowest BCUT2D eigenvalue weighted by Gasteiger charge is -1.90. The number of primary amides is 1. The van der Waals surface area contributed by atoms with Gasteiger partial charge >= 0.3 is 0 Å². The highest BCUT2D eigenvalue weighted by Gasteiger charge is 1.96. The first kappa shape index (κ1) is 13.9. The van der Waals surface area contributed by atoms with Crippen LogP contribution in [-0.4, -0.2) is 24.6 Å². The standard InChI is InChI=1S/C4H9NO.C2H6O3S/c1-3(2)4(5)6;1-2-6(3,4)5/h3H,1-2H3,(H2,5,6);2H2,1H3,(H,3,4,5). The second-order valence-corrected chi connectivity index (χ2v) is 4.17. The van der Waals surface area contributed by atoms with Crippen LogP contribution in [0, 0.1) is 5.92 Å². The average molecular weight is 197 g/mol. The molecule has 0 unspecified atom stereocenters. The van der Waals surface area contributed by atoms with E-state index in [1.807, 2.05) is 0 Å². The molecule has 0 aromatic rings. The largest absolute Gasteiger partial charge is 0.369 e. The van der Waals surface area contributed by atoms with E-state index in [4.69, 9.17) is 10.3 Å². The van der Waals surface area contributed by atoms with Crippen molar-refractivity contribution in [3.05, 3.63) is 0 Å². The molecule has 0 heterocycles. The molecular formula is C6H15NO4S. The molecule has 5 nitrogen and oxygen atoms in total. The van der Waals surface area contributed by atoms with Gasteiger partial charge in [0.1, 0.15) is 0 Å². The van der Waals surface area contributed by atoms with Gasteiger partial charge in [0.05, 0.1) is 5.75 Å². The van der Waals surface area contributed by atoms with Gasteiger partial charge in [-0.25, -0.2) is 0 Å². The molecule has 0 radical (unpaired) electrons. The third-order valence-corrected chi connectivity index (χ3v) is 1.66. The van der Waals surface area contributed by atoms with Crippen molar-refractivity contribution in [3.63, 3.8) is 0 Å². The van der Waals surface area contributed by atoms with Crippen LogP contribution in [0.25, 0.3) is 0 Å². The Bertz CT molecular complexity index is 220. The second-order valence-electron chi connectivity index (χ2n) is 2.43. The Kier molecular flexibility index (Phi) is 6.92. The summed E-state index contributed by atoms with van der Waals surface area (Å²) in [4.78, 5) is 9.92. The Morgan fingerprint density at radius 2 is 1.67 bits per heavy atom. The summed E-state index contributed by atoms with van der Waals surface area (Å²) in [7, 11) is -3.66. The molecule has 0 saturated carbocycles. The fraction of sp³-hybridized carbons (Fsp3) is 0.833. The van der Waals surface area contributed by atoms with Crippen LogP contribution < -0.4 is 5.73 Å². The maximum Gasteiger partial charge on any atom is 0.264 e. The predicted octanol–water partition coefficient (Wildman–Crippen LogP) is 0.0218. The van der Waals surface area contributed by atoms with Gasteiger partial charge in [-0.2, -0.15) is 8.42 Å². The predicted molar refractivity (Wildman–Crippen MR) is 46.1 cm³/mol. The van der Waals surface area contributed by atoms with Gasteiger partial charge in [0.2, 0.25) is 5.91 Å². The molecule has 1 amide bonds. The first-order chi connectivity index (χ1) is 5.20. The van der Waals surface area contributed by atoms with Crippen LogP contribution in [0.4, 0.5) is 0 Å². The molecule has 0 saturated heterocycles. The van der Waals surface area contributed by atoms with Crippen molar-refractivity contribution in [2.75, 3.05) is 5.75 Å². The zero-order valence-corrected chi connectivity index (χ0v) is 8.26. The van der Waals surface area contributed by atoms with E-state index in [2.05, 4.69) is 0 Å². The Morgan fingerprint density at radius 3 is 1.67 bits per heavy atom. The van der Waals surface area contributed by atoms with Gasteiger partial charge in [-0.15, -0.1) is 0 Å². The third kappa shape index (κ3) is 16.2. The first-order valence-corrected chi connectivity index (χ1v) is 5.06. The van der Waals surface area contributed by atoms with Crippen molar-refractivity contribution >= 4 is 16.0 Å². The lowest BCUT2D eigenvalue weighted by molar-refractivity contribution is -0.120. The molecule has 0 aliphatic rings. The summed E-state index contributed by atoms with van der Waals surface area (Å²) in [5, 5.41) is 0. The quantitative estimate of drug-likeness (QED) is 0.610. The monoisotopic (exact) mass is 197 g/mol. The molecule has 0 aromatic heterocycles. The molecule has 0 spiro atoms. The molecule has 0 rings (SSSR count). The van der Waals surface area contributed by atoms with Crippen LogP contribution in [-0.2, 0) is 14.9 Å². The lowest BCUT2D eigenvalue weighted by Crippen LogP contribution is -2.17. The molecule has 12 heavy (non-hydrogen) atoms. The third-order valence-electron chi connectivity index (χ3n) is 0.934. The summed E-state index contributed by atoms with van der Waals surface area (Å²) in [5.74, 6) is -0.451. The normalized spacial score (nSPS) is 10.4. The topological polar surface area (TPSA) is 97.5 Å². The van der Waals surface area contributed by atoms with E-state index in [9.17, 15) is 13.2 Å². The fourth-order valence-corrected chi connectivity index (χ4v) is 0. The molecular weight excluding hydrogens is 182 g/mol. The van der Waals surface area contributed by atoms with Gasteiger partial charge in [0.15, 0.2) is 0 Å². The number of hydrogen-bond donors (Lipinski definition) is 2. The van der Waals surface area contributed by atoms with Crippen LogP contribution in [0.1, 0.15) is 20.8 Å². The molecule has 3 N–H and O–H groups in total. The number of nitrogens with two attached hydrogens (primary N) is 1. The van der Waals surface area contributed by atoms with Crippen molar-refractivity contribution < 1.29 is 17.8 Å². The van der Waals surface area contributed by atoms with Crippen LogP contribution in [0.3, 0.4) is 0 Å². The van der Waals surface area contributed by atoms with Gasteiger partial charge in [-0.1, -0.05) is 13.8 Å². The number of carbonyl (C=O) groups is 1. The summed E-state index contributed by atoms with van der Waals surface area (Å²) in [6.07, 6.45) is 0. The van der Waals surface area contributed by atoms with Gasteiger partial charge in [-0.05, 0) is 6.92 Å². The molecule has 0 aliphatic heterocycles. The highest BCUT2D eigenvalue weighted by molar-refractivity contribution is 7.85. The second kappa shape index (κ2) is 5.96. The molecule has 6 heteroatoms. The van der Waals surface area contributed by atoms with Gasteiger partial charge in [-0.3, -0.25) is 9.35 Å². The molecule has 0 fully saturated rings. The van der Waals surface area contributed by atoms with Gasteiger partial charge in [0.25, 0.3) is 10.1 Å². The van der Waals surface area contributed by atoms with E-state index >= 15 is 0 Å². The van der Waals surface area contributed by atoms with E-state index in [0.717, 1.165) is 0 Å². The number of carbonyl (C=O) groups excluding carboxylic acids is 1. The zero-order chi connectivity index (χ0) is 10.4. The Hall–Kier alpha value is -0.620. The van der Waals surface area contributed by atoms with Crippen molar-refractivity contribution in [1.82, 2.24) is 0 Å². The molecule has 0 aromatic carbocycles. The summed E-state index contributed by atoms with van der Waals surface area (Å²) < 4.78 is 26.9. The van der Waals surface area contributed by atoms with Crippen molar-refractivity contribution in [1.29, 1.82) is 0 Å². The van der Waals surface area contributed by atoms with Crippen LogP contribution in [0.15, 0.2) is 0 Å². The summed E-state index contributed by atoms with van der Waals surface area (Å²) in [6, 6.07) is 0. The minimum absolute atomic E-state index is 0.00926. The van der Waals surface area contributed by atoms with Crippen molar-refractivity contribution in [2.24, 2.45) is 11.7 Å². The van der Waals surface area contributed by atoms with E-state index in [1.54, 1.807) is 13.8 Å². The van der Waals surface area contributed by atoms with E-state index in [0.29, 0.717) is 0 Å². The Labute approximate surface area is 72.7 Å². The van der Waals surface area contributed by atoms with Crippen molar-refractivity contribution in [3.8, 4) is 0 Å². The fourth-order valence-electron chi connectivity index (χ4n) is 0. The van der Waals surface area contributed by atoms with Crippen molar-refractivity contribution in [2.45, 2.75) is 20.8 Å². The maximum atomic E-state index is 9.92. The molecule has 0 atom stereocenters. The molecule has 74 valence electrons. The van der Waals surface area contributed by atoms with Crippen LogP contribution in [0.5, 0.6) is 0 Å². The SMILES string of the molecule is CC(C)C(N)=O.CCS(=O)(=O)O. The number of rotatable bonds is 2. The van der Waals surface area contributed by atoms with Gasteiger partial charge < -0.3 is 5.73 Å². The Morgan fingerprint density at radius 1 is 1.50 bits per heavy atom.